The topological polar surface area (TPSA) is 44.8 Å². The highest BCUT2D eigenvalue weighted by Crippen LogP contribution is 2.42. The molecule has 4 nitrogen and oxygen atoms in total. The van der Waals surface area contributed by atoms with E-state index in [4.69, 9.17) is 9.97 Å². The number of nitrogens with zero attached hydrogens (tertiary/aromatic N) is 3. The Kier molecular flexibility index (Phi) is 5.69. The molecular weight excluding hydrogens is 548 g/mol. The molecule has 8 bridgehead atoms. The summed E-state index contributed by atoms with van der Waals surface area (Å²) < 4.78 is 0. The second-order valence-electron chi connectivity index (χ2n) is 11.7. The van der Waals surface area contributed by atoms with Crippen LogP contribution in [-0.4, -0.2) is 15.0 Å². The number of benzene rings is 5. The first kappa shape index (κ1) is 25.5. The first-order valence-electron chi connectivity index (χ1n) is 15.3. The lowest BCUT2D eigenvalue weighted by Gasteiger charge is -2.26. The van der Waals surface area contributed by atoms with Gasteiger partial charge in [-0.1, -0.05) is 91.0 Å². The molecule has 0 fully saturated rings. The van der Waals surface area contributed by atoms with Crippen LogP contribution in [0.3, 0.4) is 0 Å². The average molecular weight is 577 g/mol. The van der Waals surface area contributed by atoms with Gasteiger partial charge in [0.25, 0.3) is 0 Å². The Labute approximate surface area is 261 Å². The van der Waals surface area contributed by atoms with E-state index in [1.54, 1.807) is 0 Å². The standard InChI is InChI=1S/C41H28N4/c1-26-21-37-29-23-28(27-11-4-2-5-12-27)24-31(25-29)45(30-13-6-3-7-14-30)39-20-10-19-36(43-39)34-17-8-15-32-33-16-9-18-35(38(22-26)42-37)41(33)44-40(32)34/h2-25,44H,1H3. The van der Waals surface area contributed by atoms with Crippen LogP contribution >= 0.6 is 0 Å². The molecule has 45 heavy (non-hydrogen) atoms. The molecule has 0 amide bonds. The molecule has 0 atom stereocenters. The predicted octanol–water partition coefficient (Wildman–Crippen LogP) is 10.9. The number of aromatic amines is 1. The zero-order chi connectivity index (χ0) is 29.9. The highest BCUT2D eigenvalue weighted by atomic mass is 15.2. The number of hydrogen-bond acceptors (Lipinski definition) is 3. The van der Waals surface area contributed by atoms with Crippen molar-refractivity contribution in [2.75, 3.05) is 4.90 Å². The maximum absolute atomic E-state index is 5.34. The Balaban J connectivity index is 1.43. The van der Waals surface area contributed by atoms with Crippen molar-refractivity contribution in [1.29, 1.82) is 0 Å². The maximum atomic E-state index is 5.34. The third-order valence-electron chi connectivity index (χ3n) is 8.75. The Hall–Kier alpha value is -6.00. The van der Waals surface area contributed by atoms with Gasteiger partial charge in [-0.05, 0) is 78.2 Å². The van der Waals surface area contributed by atoms with Crippen LogP contribution in [0.5, 0.6) is 0 Å². The van der Waals surface area contributed by atoms with Gasteiger partial charge in [-0.15, -0.1) is 0 Å². The van der Waals surface area contributed by atoms with Gasteiger partial charge < -0.3 is 4.98 Å². The summed E-state index contributed by atoms with van der Waals surface area (Å²) in [6, 6.07) is 51.4. The van der Waals surface area contributed by atoms with Gasteiger partial charge >= 0.3 is 0 Å². The minimum Gasteiger partial charge on any atom is -0.353 e. The highest BCUT2D eigenvalue weighted by molar-refractivity contribution is 6.15. The van der Waals surface area contributed by atoms with Crippen LogP contribution in [-0.2, 0) is 0 Å². The second-order valence-corrected chi connectivity index (χ2v) is 11.7. The Morgan fingerprint density at radius 2 is 1.11 bits per heavy atom. The molecular formula is C41H28N4. The van der Waals surface area contributed by atoms with Crippen molar-refractivity contribution < 1.29 is 0 Å². The van der Waals surface area contributed by atoms with E-state index in [0.29, 0.717) is 0 Å². The van der Waals surface area contributed by atoms with Crippen molar-refractivity contribution >= 4 is 39.0 Å². The lowest BCUT2D eigenvalue weighted by molar-refractivity contribution is 1.18. The monoisotopic (exact) mass is 576 g/mol. The lowest BCUT2D eigenvalue weighted by atomic mass is 9.98. The molecule has 0 radical (unpaired) electrons. The van der Waals surface area contributed by atoms with E-state index in [1.165, 1.54) is 10.8 Å². The van der Waals surface area contributed by atoms with Crippen molar-refractivity contribution in [3.8, 4) is 44.9 Å². The SMILES string of the molecule is Cc1cc2nc(c1)-c1cccc3c1[nH]c1c(cccc13)-c1cccc(n1)N(c1ccccc1)c1cc(-c3ccccc3)cc-2c1. The molecule has 0 unspecified atom stereocenters. The fraction of sp³-hybridized carbons (Fsp3) is 0.0244. The lowest BCUT2D eigenvalue weighted by Crippen LogP contribution is -2.12. The molecule has 0 aliphatic carbocycles. The minimum absolute atomic E-state index is 0.844. The molecule has 9 rings (SSSR count). The van der Waals surface area contributed by atoms with E-state index >= 15 is 0 Å². The number of H-pyrrole nitrogens is 1. The molecule has 1 aliphatic rings. The number of aromatic nitrogens is 3. The van der Waals surface area contributed by atoms with Crippen LogP contribution < -0.4 is 4.90 Å². The normalized spacial score (nSPS) is 12.1. The van der Waals surface area contributed by atoms with Crippen LogP contribution in [0.25, 0.3) is 66.7 Å². The summed E-state index contributed by atoms with van der Waals surface area (Å²) in [6.07, 6.45) is 0. The number of fused-ring (bicyclic) bond motifs is 10. The number of anilines is 3. The van der Waals surface area contributed by atoms with Crippen molar-refractivity contribution in [3.63, 3.8) is 0 Å². The Morgan fingerprint density at radius 1 is 0.467 bits per heavy atom. The number of pyridine rings is 2. The van der Waals surface area contributed by atoms with Crippen LogP contribution in [0.2, 0.25) is 0 Å². The van der Waals surface area contributed by atoms with Gasteiger partial charge in [-0.2, -0.15) is 0 Å². The molecule has 212 valence electrons. The second kappa shape index (κ2) is 10.0. The van der Waals surface area contributed by atoms with E-state index in [0.717, 1.165) is 78.7 Å². The smallest absolute Gasteiger partial charge is 0.138 e. The van der Waals surface area contributed by atoms with Crippen molar-refractivity contribution in [2.45, 2.75) is 6.92 Å². The first-order chi connectivity index (χ1) is 22.2. The number of aryl methyl sites for hydroxylation is 1. The van der Waals surface area contributed by atoms with E-state index in [2.05, 4.69) is 162 Å². The molecule has 4 heterocycles. The fourth-order valence-corrected chi connectivity index (χ4v) is 6.70. The molecule has 4 heteroatoms. The number of nitrogens with one attached hydrogen (secondary N) is 1. The number of rotatable bonds is 2. The van der Waals surface area contributed by atoms with E-state index in [9.17, 15) is 0 Å². The van der Waals surface area contributed by atoms with Gasteiger partial charge in [0.1, 0.15) is 5.82 Å². The Morgan fingerprint density at radius 3 is 1.87 bits per heavy atom. The average Bonchev–Trinajstić information content (AvgIpc) is 3.48. The van der Waals surface area contributed by atoms with Crippen molar-refractivity contribution in [2.24, 2.45) is 0 Å². The van der Waals surface area contributed by atoms with Crippen molar-refractivity contribution in [3.05, 3.63) is 151 Å². The third kappa shape index (κ3) is 4.22. The van der Waals surface area contributed by atoms with Gasteiger partial charge in [0.2, 0.25) is 0 Å². The molecule has 3 aromatic heterocycles. The molecule has 1 N–H and O–H groups in total. The summed E-state index contributed by atoms with van der Waals surface area (Å²) in [7, 11) is 0. The van der Waals surface area contributed by atoms with Crippen LogP contribution in [0, 0.1) is 6.92 Å². The van der Waals surface area contributed by atoms with Gasteiger partial charge in [0.05, 0.1) is 28.1 Å². The van der Waals surface area contributed by atoms with Gasteiger partial charge in [-0.25, -0.2) is 9.97 Å². The quantitative estimate of drug-likeness (QED) is 0.223. The molecule has 5 aromatic carbocycles. The summed E-state index contributed by atoms with van der Waals surface area (Å²) in [6.45, 7) is 2.15. The predicted molar refractivity (Wildman–Crippen MR) is 186 cm³/mol. The first-order valence-corrected chi connectivity index (χ1v) is 15.3. The van der Waals surface area contributed by atoms with Crippen molar-refractivity contribution in [1.82, 2.24) is 15.0 Å². The summed E-state index contributed by atoms with van der Waals surface area (Å²) in [5, 5.41) is 2.35. The molecule has 0 spiro atoms. The van der Waals surface area contributed by atoms with E-state index < -0.39 is 0 Å². The van der Waals surface area contributed by atoms with Crippen LogP contribution in [0.15, 0.2) is 146 Å². The zero-order valence-electron chi connectivity index (χ0n) is 24.7. The number of para-hydroxylation sites is 3. The fourth-order valence-electron chi connectivity index (χ4n) is 6.70. The highest BCUT2D eigenvalue weighted by Gasteiger charge is 2.20. The van der Waals surface area contributed by atoms with Gasteiger partial charge in [0.15, 0.2) is 0 Å². The van der Waals surface area contributed by atoms with Gasteiger partial charge in [-0.3, -0.25) is 4.90 Å². The van der Waals surface area contributed by atoms with E-state index in [1.807, 2.05) is 0 Å². The molecule has 0 saturated heterocycles. The summed E-state index contributed by atoms with van der Waals surface area (Å²) >= 11 is 0. The maximum Gasteiger partial charge on any atom is 0.138 e. The van der Waals surface area contributed by atoms with Crippen LogP contribution in [0.1, 0.15) is 5.56 Å². The molecule has 8 aromatic rings. The summed E-state index contributed by atoms with van der Waals surface area (Å²) in [5.74, 6) is 0.844. The Bertz CT molecular complexity index is 2390. The molecule has 0 saturated carbocycles. The summed E-state index contributed by atoms with van der Waals surface area (Å²) in [4.78, 5) is 16.7. The number of hydrogen-bond donors (Lipinski definition) is 1. The van der Waals surface area contributed by atoms with Gasteiger partial charge in [0, 0.05) is 38.8 Å². The molecule has 1 aliphatic heterocycles. The zero-order valence-corrected chi connectivity index (χ0v) is 24.7. The third-order valence-corrected chi connectivity index (χ3v) is 8.75. The summed E-state index contributed by atoms with van der Waals surface area (Å²) in [5.41, 5.74) is 13.6. The largest absolute Gasteiger partial charge is 0.353 e. The minimum atomic E-state index is 0.844. The van der Waals surface area contributed by atoms with E-state index in [-0.39, 0.29) is 0 Å². The van der Waals surface area contributed by atoms with Crippen LogP contribution in [0.4, 0.5) is 17.2 Å².